The predicted molar refractivity (Wildman–Crippen MR) is 122 cm³/mol. The van der Waals surface area contributed by atoms with Crippen LogP contribution in [0.2, 0.25) is 0 Å². The number of anilines is 1. The van der Waals surface area contributed by atoms with E-state index in [0.717, 1.165) is 22.4 Å². The minimum atomic E-state index is -0.450. The van der Waals surface area contributed by atoms with Crippen molar-refractivity contribution < 1.29 is 9.59 Å². The van der Waals surface area contributed by atoms with Crippen LogP contribution in [0.4, 0.5) is 5.69 Å². The molecule has 0 aliphatic rings. The first-order chi connectivity index (χ1) is 14.2. The molecule has 3 N–H and O–H groups in total. The molecule has 0 unspecified atom stereocenters. The molecule has 4 nitrogen and oxygen atoms in total. The van der Waals surface area contributed by atoms with Gasteiger partial charge >= 0.3 is 0 Å². The molecule has 0 aromatic heterocycles. The van der Waals surface area contributed by atoms with Gasteiger partial charge in [0.2, 0.25) is 11.8 Å². The zero-order chi connectivity index (χ0) is 21.7. The smallest absolute Gasteiger partial charge is 0.248 e. The maximum atomic E-state index is 12.3. The van der Waals surface area contributed by atoms with Crippen molar-refractivity contribution in [3.05, 3.63) is 89.5 Å². The summed E-state index contributed by atoms with van der Waals surface area (Å²) in [5, 5.41) is 2.94. The van der Waals surface area contributed by atoms with Gasteiger partial charge < -0.3 is 11.1 Å². The molecular weight excluding hydrogens is 372 g/mol. The third kappa shape index (κ3) is 5.57. The Kier molecular flexibility index (Phi) is 6.36. The molecule has 30 heavy (non-hydrogen) atoms. The molecule has 0 aliphatic carbocycles. The van der Waals surface area contributed by atoms with Gasteiger partial charge in [-0.3, -0.25) is 9.59 Å². The van der Waals surface area contributed by atoms with E-state index in [4.69, 9.17) is 5.73 Å². The quantitative estimate of drug-likeness (QED) is 0.588. The van der Waals surface area contributed by atoms with Crippen molar-refractivity contribution in [1.29, 1.82) is 0 Å². The van der Waals surface area contributed by atoms with Gasteiger partial charge in [-0.05, 0) is 58.4 Å². The molecule has 2 amide bonds. The summed E-state index contributed by atoms with van der Waals surface area (Å²) in [4.78, 5) is 23.7. The number of amides is 2. The topological polar surface area (TPSA) is 72.2 Å². The van der Waals surface area contributed by atoms with Crippen LogP contribution < -0.4 is 11.1 Å². The Morgan fingerprint density at radius 2 is 1.53 bits per heavy atom. The van der Waals surface area contributed by atoms with Crippen LogP contribution in [0.3, 0.4) is 0 Å². The van der Waals surface area contributed by atoms with Crippen LogP contribution in [0, 0.1) is 0 Å². The van der Waals surface area contributed by atoms with Crippen molar-refractivity contribution in [2.45, 2.75) is 39.0 Å². The van der Waals surface area contributed by atoms with Crippen LogP contribution >= 0.6 is 0 Å². The Morgan fingerprint density at radius 1 is 0.867 bits per heavy atom. The highest BCUT2D eigenvalue weighted by atomic mass is 16.1. The summed E-state index contributed by atoms with van der Waals surface area (Å²) in [6, 6.07) is 23.2. The summed E-state index contributed by atoms with van der Waals surface area (Å²) in [6.07, 6.45) is 1.13. The number of nitrogens with one attached hydrogen (secondary N) is 1. The van der Waals surface area contributed by atoms with Crippen molar-refractivity contribution in [2.75, 3.05) is 5.32 Å². The molecule has 0 radical (unpaired) electrons. The predicted octanol–water partition coefficient (Wildman–Crippen LogP) is 5.32. The number of rotatable bonds is 6. The fourth-order valence-electron chi connectivity index (χ4n) is 3.25. The summed E-state index contributed by atoms with van der Waals surface area (Å²) < 4.78 is 0. The lowest BCUT2D eigenvalue weighted by Crippen LogP contribution is -2.13. The van der Waals surface area contributed by atoms with Gasteiger partial charge in [-0.1, -0.05) is 69.3 Å². The molecule has 0 atom stereocenters. The molecule has 0 aliphatic heterocycles. The molecule has 3 aromatic rings. The second-order valence-corrected chi connectivity index (χ2v) is 8.52. The van der Waals surface area contributed by atoms with Crippen molar-refractivity contribution in [1.82, 2.24) is 0 Å². The molecule has 3 aromatic carbocycles. The molecule has 0 fully saturated rings. The minimum Gasteiger partial charge on any atom is -0.366 e. The molecule has 0 spiro atoms. The first-order valence-electron chi connectivity index (χ1n) is 10.1. The van der Waals surface area contributed by atoms with Crippen molar-refractivity contribution in [3.63, 3.8) is 0 Å². The number of nitrogens with two attached hydrogens (primary N) is 1. The third-order valence-electron chi connectivity index (χ3n) is 5.11. The summed E-state index contributed by atoms with van der Waals surface area (Å²) in [6.45, 7) is 6.57. The van der Waals surface area contributed by atoms with E-state index >= 15 is 0 Å². The third-order valence-corrected chi connectivity index (χ3v) is 5.11. The van der Waals surface area contributed by atoms with Gasteiger partial charge in [0, 0.05) is 17.7 Å². The second kappa shape index (κ2) is 8.95. The summed E-state index contributed by atoms with van der Waals surface area (Å²) in [5.41, 5.74) is 11.0. The Morgan fingerprint density at radius 3 is 2.13 bits per heavy atom. The van der Waals surface area contributed by atoms with E-state index in [0.29, 0.717) is 18.4 Å². The maximum absolute atomic E-state index is 12.3. The number of hydrogen-bond acceptors (Lipinski definition) is 2. The van der Waals surface area contributed by atoms with Gasteiger partial charge in [0.15, 0.2) is 0 Å². The Balaban J connectivity index is 1.57. The number of benzene rings is 3. The van der Waals surface area contributed by atoms with Crippen LogP contribution in [0.15, 0.2) is 72.8 Å². The molecule has 0 bridgehead atoms. The first-order valence-corrected chi connectivity index (χ1v) is 10.1. The van der Waals surface area contributed by atoms with E-state index in [1.807, 2.05) is 30.3 Å². The molecule has 0 saturated carbocycles. The van der Waals surface area contributed by atoms with Gasteiger partial charge in [0.25, 0.3) is 0 Å². The van der Waals surface area contributed by atoms with E-state index < -0.39 is 5.91 Å². The zero-order valence-electron chi connectivity index (χ0n) is 17.7. The van der Waals surface area contributed by atoms with E-state index in [-0.39, 0.29) is 11.3 Å². The van der Waals surface area contributed by atoms with Crippen molar-refractivity contribution in [2.24, 2.45) is 5.73 Å². The Bertz CT molecular complexity index is 1030. The molecule has 0 heterocycles. The lowest BCUT2D eigenvalue weighted by Gasteiger charge is -2.19. The fourth-order valence-corrected chi connectivity index (χ4v) is 3.25. The van der Waals surface area contributed by atoms with E-state index in [1.165, 1.54) is 5.56 Å². The summed E-state index contributed by atoms with van der Waals surface area (Å²) in [7, 11) is 0. The molecule has 4 heteroatoms. The average Bonchev–Trinajstić information content (AvgIpc) is 2.72. The SMILES string of the molecule is CC(C)(C)c1ccc(CCC(=O)Nc2ccc(-c3cccc(C(N)=O)c3)cc2)cc1. The van der Waals surface area contributed by atoms with Crippen LogP contribution in [0.5, 0.6) is 0 Å². The van der Waals surface area contributed by atoms with E-state index in [1.54, 1.807) is 18.2 Å². The van der Waals surface area contributed by atoms with Gasteiger partial charge in [0.05, 0.1) is 0 Å². The van der Waals surface area contributed by atoms with Crippen LogP contribution in [-0.2, 0) is 16.6 Å². The maximum Gasteiger partial charge on any atom is 0.248 e. The summed E-state index contributed by atoms with van der Waals surface area (Å²) >= 11 is 0. The highest BCUT2D eigenvalue weighted by Crippen LogP contribution is 2.24. The lowest BCUT2D eigenvalue weighted by molar-refractivity contribution is -0.116. The van der Waals surface area contributed by atoms with Gasteiger partial charge in [-0.25, -0.2) is 0 Å². The van der Waals surface area contributed by atoms with Gasteiger partial charge in [0.1, 0.15) is 0 Å². The fraction of sp³-hybridized carbons (Fsp3) is 0.231. The van der Waals surface area contributed by atoms with Crippen LogP contribution in [0.1, 0.15) is 48.7 Å². The molecular formula is C26H28N2O2. The number of carbonyl (C=O) groups excluding carboxylic acids is 2. The largest absolute Gasteiger partial charge is 0.366 e. The number of primary amides is 1. The number of aryl methyl sites for hydroxylation is 1. The normalized spacial score (nSPS) is 11.2. The second-order valence-electron chi connectivity index (χ2n) is 8.52. The van der Waals surface area contributed by atoms with Crippen molar-refractivity contribution >= 4 is 17.5 Å². The Labute approximate surface area is 178 Å². The van der Waals surface area contributed by atoms with Gasteiger partial charge in [-0.15, -0.1) is 0 Å². The highest BCUT2D eigenvalue weighted by molar-refractivity contribution is 5.94. The van der Waals surface area contributed by atoms with Crippen LogP contribution in [0.25, 0.3) is 11.1 Å². The van der Waals surface area contributed by atoms with E-state index in [9.17, 15) is 9.59 Å². The molecule has 154 valence electrons. The van der Waals surface area contributed by atoms with Gasteiger partial charge in [-0.2, -0.15) is 0 Å². The highest BCUT2D eigenvalue weighted by Gasteiger charge is 2.13. The zero-order valence-corrected chi connectivity index (χ0v) is 17.7. The lowest BCUT2D eigenvalue weighted by atomic mass is 9.86. The first kappa shape index (κ1) is 21.3. The molecule has 0 saturated heterocycles. The van der Waals surface area contributed by atoms with Crippen LogP contribution in [-0.4, -0.2) is 11.8 Å². The molecule has 3 rings (SSSR count). The summed E-state index contributed by atoms with van der Waals surface area (Å²) in [5.74, 6) is -0.466. The minimum absolute atomic E-state index is 0.0154. The number of hydrogen-bond donors (Lipinski definition) is 2. The average molecular weight is 401 g/mol. The number of carbonyl (C=O) groups is 2. The monoisotopic (exact) mass is 400 g/mol. The van der Waals surface area contributed by atoms with Crippen molar-refractivity contribution in [3.8, 4) is 11.1 Å². The standard InChI is InChI=1S/C26H28N2O2/c1-26(2,3)22-12-7-18(8-13-22)9-16-24(29)28-23-14-10-19(11-15-23)20-5-4-6-21(17-20)25(27)30/h4-8,10-15,17H,9,16H2,1-3H3,(H2,27,30)(H,28,29). The Hall–Kier alpha value is -3.40. The van der Waals surface area contributed by atoms with E-state index in [2.05, 4.69) is 50.4 Å².